The zero-order chi connectivity index (χ0) is 18.5. The number of nitrogens with one attached hydrogen (secondary N) is 1. The first kappa shape index (κ1) is 18.8. The summed E-state index contributed by atoms with van der Waals surface area (Å²) in [6, 6.07) is 12.4. The molecule has 28 heavy (non-hydrogen) atoms. The number of amides is 1. The van der Waals surface area contributed by atoms with E-state index in [0.717, 1.165) is 24.2 Å². The zero-order valence-corrected chi connectivity index (χ0v) is 16.2. The van der Waals surface area contributed by atoms with Crippen LogP contribution in [0.2, 0.25) is 0 Å². The molecule has 0 spiro atoms. The Kier molecular flexibility index (Phi) is 4.81. The number of hydrogen-bond acceptors (Lipinski definition) is 4. The van der Waals surface area contributed by atoms with Crippen LogP contribution in [0.5, 0.6) is 0 Å². The Hall–Kier alpha value is -2.51. The Morgan fingerprint density at radius 3 is 2.75 bits per heavy atom. The molecular weight excluding hydrogens is 381 g/mol. The fourth-order valence-corrected chi connectivity index (χ4v) is 4.77. The Morgan fingerprint density at radius 1 is 1.11 bits per heavy atom. The highest BCUT2D eigenvalue weighted by Gasteiger charge is 2.47. The lowest BCUT2D eigenvalue weighted by atomic mass is 9.89. The topological polar surface area (TPSA) is 65.1 Å². The van der Waals surface area contributed by atoms with E-state index >= 15 is 0 Å². The summed E-state index contributed by atoms with van der Waals surface area (Å²) in [6.07, 6.45) is 0. The van der Waals surface area contributed by atoms with E-state index in [1.807, 2.05) is 17.0 Å². The lowest BCUT2D eigenvalue weighted by Crippen LogP contribution is -2.33. The summed E-state index contributed by atoms with van der Waals surface area (Å²) >= 11 is 0. The number of aromatic nitrogens is 3. The summed E-state index contributed by atoms with van der Waals surface area (Å²) in [5.41, 5.74) is 3.06. The van der Waals surface area contributed by atoms with Gasteiger partial charge in [0.25, 0.3) is 5.91 Å². The van der Waals surface area contributed by atoms with Crippen LogP contribution in [0.1, 0.15) is 22.0 Å². The van der Waals surface area contributed by atoms with Crippen LogP contribution in [0.25, 0.3) is 11.0 Å². The van der Waals surface area contributed by atoms with Gasteiger partial charge in [-0.1, -0.05) is 12.1 Å². The fourth-order valence-electron chi connectivity index (χ4n) is 4.77. The molecule has 5 rings (SSSR count). The molecule has 2 aliphatic rings. The van der Waals surface area contributed by atoms with Crippen molar-refractivity contribution in [3.8, 4) is 0 Å². The van der Waals surface area contributed by atoms with Crippen molar-refractivity contribution in [3.05, 3.63) is 59.4 Å². The Morgan fingerprint density at radius 2 is 1.93 bits per heavy atom. The third-order valence-corrected chi connectivity index (χ3v) is 5.94. The highest BCUT2D eigenvalue weighted by Crippen LogP contribution is 2.44. The molecule has 1 N–H and O–H groups in total. The summed E-state index contributed by atoms with van der Waals surface area (Å²) in [5.74, 6) is 0.533. The summed E-state index contributed by atoms with van der Waals surface area (Å²) in [6.45, 7) is 2.33. The normalized spacial score (nSPS) is 24.4. The number of hydrogen-bond donors (Lipinski definition) is 1. The van der Waals surface area contributed by atoms with Gasteiger partial charge in [-0.3, -0.25) is 9.69 Å². The van der Waals surface area contributed by atoms with Gasteiger partial charge in [0.05, 0.1) is 0 Å². The van der Waals surface area contributed by atoms with E-state index in [0.29, 0.717) is 29.5 Å². The van der Waals surface area contributed by atoms with Gasteiger partial charge in [-0.2, -0.15) is 15.4 Å². The molecule has 3 heterocycles. The molecule has 0 saturated carbocycles. The van der Waals surface area contributed by atoms with E-state index in [1.54, 1.807) is 24.3 Å². The molecule has 1 amide bonds. The molecule has 0 radical (unpaired) electrons. The van der Waals surface area contributed by atoms with E-state index in [2.05, 4.69) is 27.4 Å². The van der Waals surface area contributed by atoms with E-state index in [-0.39, 0.29) is 30.2 Å². The number of fused-ring (bicyclic) bond motifs is 2. The quantitative estimate of drug-likeness (QED) is 0.717. The number of carbonyl (C=O) groups excluding carboxylic acids is 1. The highest BCUT2D eigenvalue weighted by atomic mass is 35.5. The predicted octanol–water partition coefficient (Wildman–Crippen LogP) is 2.89. The number of likely N-dealkylation sites (tertiary alicyclic amines) is 2. The van der Waals surface area contributed by atoms with E-state index in [4.69, 9.17) is 0 Å². The number of H-pyrrole nitrogens is 1. The molecule has 0 bridgehead atoms. The molecule has 0 aliphatic carbocycles. The van der Waals surface area contributed by atoms with Crippen LogP contribution in [0.4, 0.5) is 4.39 Å². The highest BCUT2D eigenvalue weighted by molar-refractivity contribution is 5.97. The molecule has 3 aromatic rings. The largest absolute Gasteiger partial charge is 0.338 e. The molecule has 2 aromatic carbocycles. The first-order valence-corrected chi connectivity index (χ1v) is 9.15. The van der Waals surface area contributed by atoms with Crippen LogP contribution < -0.4 is 0 Å². The number of aromatic amines is 1. The molecule has 2 saturated heterocycles. The monoisotopic (exact) mass is 401 g/mol. The number of carbonyl (C=O) groups is 1. The lowest BCUT2D eigenvalue weighted by Gasteiger charge is -2.27. The van der Waals surface area contributed by atoms with Crippen molar-refractivity contribution in [2.24, 2.45) is 11.8 Å². The fraction of sp³-hybridized carbons (Fsp3) is 0.350. The standard InChI is InChI=1S/C20H20FN5O.ClH/c1-25-9-14-10-26(11-16(14)19(25)12-3-2-4-15(21)7-12)20(27)13-5-6-17-18(8-13)23-24-22-17;/h2-8,14,16,19H,9-11H2,1H3,(H,22,23,24);1H/t14-,16+,19-;/m0./s1. The number of nitrogens with zero attached hydrogens (tertiary/aromatic N) is 4. The summed E-state index contributed by atoms with van der Waals surface area (Å²) in [4.78, 5) is 17.2. The molecule has 3 atom stereocenters. The third-order valence-electron chi connectivity index (χ3n) is 5.94. The second-order valence-corrected chi connectivity index (χ2v) is 7.60. The minimum absolute atomic E-state index is 0. The zero-order valence-electron chi connectivity index (χ0n) is 15.4. The number of rotatable bonds is 2. The van der Waals surface area contributed by atoms with Crippen LogP contribution >= 0.6 is 12.4 Å². The maximum absolute atomic E-state index is 13.7. The second-order valence-electron chi connectivity index (χ2n) is 7.60. The van der Waals surface area contributed by atoms with Gasteiger partial charge in [-0.25, -0.2) is 4.39 Å². The van der Waals surface area contributed by atoms with Gasteiger partial charge in [-0.15, -0.1) is 12.4 Å². The molecule has 1 aromatic heterocycles. The van der Waals surface area contributed by atoms with Gasteiger partial charge in [0.1, 0.15) is 16.9 Å². The maximum atomic E-state index is 13.7. The Bertz CT molecular complexity index is 1020. The van der Waals surface area contributed by atoms with Gasteiger partial charge >= 0.3 is 0 Å². The van der Waals surface area contributed by atoms with Crippen LogP contribution in [0.15, 0.2) is 42.5 Å². The minimum Gasteiger partial charge on any atom is -0.338 e. The Labute approximate surface area is 168 Å². The van der Waals surface area contributed by atoms with Gasteiger partial charge in [0, 0.05) is 37.2 Å². The second kappa shape index (κ2) is 7.14. The SMILES string of the molecule is CN1C[C@H]2CN(C(=O)c3ccc4n[nH]nc4c3)C[C@H]2[C@@H]1c1cccc(F)c1.Cl. The average Bonchev–Trinajstić information content (AvgIpc) is 3.34. The molecule has 0 unspecified atom stereocenters. The van der Waals surface area contributed by atoms with Crippen molar-refractivity contribution in [1.82, 2.24) is 25.2 Å². The van der Waals surface area contributed by atoms with Gasteiger partial charge < -0.3 is 4.90 Å². The predicted molar refractivity (Wildman–Crippen MR) is 106 cm³/mol. The molecule has 2 aliphatic heterocycles. The minimum atomic E-state index is -0.212. The lowest BCUT2D eigenvalue weighted by molar-refractivity contribution is 0.0768. The van der Waals surface area contributed by atoms with Crippen molar-refractivity contribution in [1.29, 1.82) is 0 Å². The van der Waals surface area contributed by atoms with Crippen LogP contribution in [-0.4, -0.2) is 57.8 Å². The van der Waals surface area contributed by atoms with Crippen molar-refractivity contribution in [2.75, 3.05) is 26.7 Å². The molecule has 6 nitrogen and oxygen atoms in total. The van der Waals surface area contributed by atoms with Crippen LogP contribution in [-0.2, 0) is 0 Å². The first-order chi connectivity index (χ1) is 13.1. The van der Waals surface area contributed by atoms with Crippen molar-refractivity contribution >= 4 is 29.3 Å². The van der Waals surface area contributed by atoms with Crippen molar-refractivity contribution < 1.29 is 9.18 Å². The third kappa shape index (κ3) is 3.04. The van der Waals surface area contributed by atoms with Gasteiger partial charge in [0.2, 0.25) is 0 Å². The summed E-state index contributed by atoms with van der Waals surface area (Å²) < 4.78 is 13.7. The van der Waals surface area contributed by atoms with E-state index in [1.165, 1.54) is 6.07 Å². The molecule has 146 valence electrons. The van der Waals surface area contributed by atoms with Crippen molar-refractivity contribution in [2.45, 2.75) is 6.04 Å². The van der Waals surface area contributed by atoms with Crippen LogP contribution in [0.3, 0.4) is 0 Å². The van der Waals surface area contributed by atoms with Gasteiger partial charge in [-0.05, 0) is 48.9 Å². The van der Waals surface area contributed by atoms with E-state index in [9.17, 15) is 9.18 Å². The Balaban J connectivity index is 0.00000192. The van der Waals surface area contributed by atoms with Gasteiger partial charge in [0.15, 0.2) is 0 Å². The first-order valence-electron chi connectivity index (χ1n) is 9.15. The summed E-state index contributed by atoms with van der Waals surface area (Å²) in [7, 11) is 2.08. The van der Waals surface area contributed by atoms with Crippen molar-refractivity contribution in [3.63, 3.8) is 0 Å². The van der Waals surface area contributed by atoms with Crippen LogP contribution in [0, 0.1) is 17.7 Å². The molecule has 2 fully saturated rings. The molecule has 8 heteroatoms. The number of benzene rings is 2. The smallest absolute Gasteiger partial charge is 0.253 e. The average molecular weight is 402 g/mol. The van der Waals surface area contributed by atoms with E-state index < -0.39 is 0 Å². The molecular formula is C20H21ClFN5O. The maximum Gasteiger partial charge on any atom is 0.253 e. The number of halogens is 2. The summed E-state index contributed by atoms with van der Waals surface area (Å²) in [5, 5.41) is 10.7.